The number of anilines is 1. The van der Waals surface area contributed by atoms with Crippen molar-refractivity contribution < 1.29 is 18.3 Å². The van der Waals surface area contributed by atoms with Gasteiger partial charge in [0.1, 0.15) is 11.5 Å². The Morgan fingerprint density at radius 3 is 2.00 bits per heavy atom. The van der Waals surface area contributed by atoms with Crippen LogP contribution in [0.5, 0.6) is 11.5 Å². The van der Waals surface area contributed by atoms with Crippen LogP contribution >= 0.6 is 0 Å². The van der Waals surface area contributed by atoms with Gasteiger partial charge in [0.05, 0.1) is 19.8 Å². The first kappa shape index (κ1) is 13.1. The largest absolute Gasteiger partial charge is 0.494 e. The summed E-state index contributed by atoms with van der Waals surface area (Å²) in [7, 11) is 4.14. The van der Waals surface area contributed by atoms with Gasteiger partial charge in [0.2, 0.25) is 0 Å². The fourth-order valence-electron chi connectivity index (χ4n) is 1.71. The Morgan fingerprint density at radius 2 is 1.63 bits per heavy atom. The summed E-state index contributed by atoms with van der Waals surface area (Å²) in [6.07, 6.45) is 0. The molecule has 2 aromatic rings. The van der Waals surface area contributed by atoms with Crippen LogP contribution in [0, 0.1) is 11.6 Å². The van der Waals surface area contributed by atoms with Crippen molar-refractivity contribution in [1.29, 1.82) is 0 Å². The number of halogens is 2. The van der Waals surface area contributed by atoms with Gasteiger partial charge in [-0.05, 0) is 0 Å². The molecule has 5 nitrogen and oxygen atoms in total. The SMILES string of the molecule is COc1cc(OC)c(F)c(-c2cc(N)n(C)n2)c1F. The van der Waals surface area contributed by atoms with Crippen molar-refractivity contribution >= 4 is 5.82 Å². The molecule has 0 saturated heterocycles. The van der Waals surface area contributed by atoms with Gasteiger partial charge in [0.25, 0.3) is 0 Å². The third-order valence-corrected chi connectivity index (χ3v) is 2.75. The number of hydrogen-bond donors (Lipinski definition) is 1. The highest BCUT2D eigenvalue weighted by molar-refractivity contribution is 5.68. The van der Waals surface area contributed by atoms with Gasteiger partial charge in [0.15, 0.2) is 23.1 Å². The molecule has 1 aromatic heterocycles. The van der Waals surface area contributed by atoms with E-state index in [9.17, 15) is 8.78 Å². The average Bonchev–Trinajstić information content (AvgIpc) is 2.70. The van der Waals surface area contributed by atoms with E-state index in [0.717, 1.165) is 6.07 Å². The number of aromatic nitrogens is 2. The number of aryl methyl sites for hydroxylation is 1. The predicted octanol–water partition coefficient (Wildman–Crippen LogP) is 1.96. The molecule has 0 bridgehead atoms. The standard InChI is InChI=1S/C12H13F2N3O2/c1-17-9(15)4-6(16-17)10-11(13)7(18-2)5-8(19-3)12(10)14/h4-5H,15H2,1-3H3. The van der Waals surface area contributed by atoms with Crippen molar-refractivity contribution in [1.82, 2.24) is 9.78 Å². The molecular weight excluding hydrogens is 256 g/mol. The number of benzene rings is 1. The van der Waals surface area contributed by atoms with Gasteiger partial charge in [-0.25, -0.2) is 8.78 Å². The van der Waals surface area contributed by atoms with Crippen molar-refractivity contribution in [2.45, 2.75) is 0 Å². The molecule has 0 radical (unpaired) electrons. The summed E-state index contributed by atoms with van der Waals surface area (Å²) in [6, 6.07) is 2.51. The Bertz CT molecular complexity index is 578. The second kappa shape index (κ2) is 4.75. The number of nitrogens with zero attached hydrogens (tertiary/aromatic N) is 2. The molecule has 102 valence electrons. The Balaban J connectivity index is 2.73. The van der Waals surface area contributed by atoms with Gasteiger partial charge in [-0.15, -0.1) is 0 Å². The van der Waals surface area contributed by atoms with Crippen LogP contribution in [-0.4, -0.2) is 24.0 Å². The van der Waals surface area contributed by atoms with Crippen molar-refractivity contribution in [3.8, 4) is 22.8 Å². The zero-order chi connectivity index (χ0) is 14.2. The van der Waals surface area contributed by atoms with Crippen molar-refractivity contribution in [3.63, 3.8) is 0 Å². The minimum absolute atomic E-state index is 0.0761. The fourth-order valence-corrected chi connectivity index (χ4v) is 1.71. The Morgan fingerprint density at radius 1 is 1.11 bits per heavy atom. The average molecular weight is 269 g/mol. The molecule has 1 heterocycles. The van der Waals surface area contributed by atoms with Crippen LogP contribution in [0.25, 0.3) is 11.3 Å². The summed E-state index contributed by atoms with van der Waals surface area (Å²) in [5, 5.41) is 3.95. The maximum absolute atomic E-state index is 14.2. The third kappa shape index (κ3) is 2.07. The van der Waals surface area contributed by atoms with E-state index in [-0.39, 0.29) is 28.6 Å². The highest BCUT2D eigenvalue weighted by Crippen LogP contribution is 2.37. The second-order valence-corrected chi connectivity index (χ2v) is 3.86. The first-order valence-corrected chi connectivity index (χ1v) is 5.39. The molecule has 2 N–H and O–H groups in total. The lowest BCUT2D eigenvalue weighted by molar-refractivity contribution is 0.359. The Kier molecular flexibility index (Phi) is 3.28. The monoisotopic (exact) mass is 269 g/mol. The van der Waals surface area contributed by atoms with E-state index in [1.54, 1.807) is 7.05 Å². The molecule has 0 fully saturated rings. The Hall–Kier alpha value is -2.31. The summed E-state index contributed by atoms with van der Waals surface area (Å²) in [5.41, 5.74) is 5.36. The zero-order valence-electron chi connectivity index (χ0n) is 10.7. The molecule has 2 rings (SSSR count). The molecule has 19 heavy (non-hydrogen) atoms. The van der Waals surface area contributed by atoms with Crippen LogP contribution in [-0.2, 0) is 7.05 Å². The van der Waals surface area contributed by atoms with E-state index in [4.69, 9.17) is 15.2 Å². The number of hydrogen-bond acceptors (Lipinski definition) is 4. The lowest BCUT2D eigenvalue weighted by atomic mass is 10.1. The van der Waals surface area contributed by atoms with E-state index in [2.05, 4.69) is 5.10 Å². The number of methoxy groups -OCH3 is 2. The molecular formula is C12H13F2N3O2. The quantitative estimate of drug-likeness (QED) is 0.925. The van der Waals surface area contributed by atoms with Gasteiger partial charge in [-0.2, -0.15) is 5.10 Å². The first-order valence-electron chi connectivity index (χ1n) is 5.39. The topological polar surface area (TPSA) is 62.3 Å². The summed E-state index contributed by atoms with van der Waals surface area (Å²) >= 11 is 0. The van der Waals surface area contributed by atoms with Gasteiger partial charge in [-0.1, -0.05) is 0 Å². The lowest BCUT2D eigenvalue weighted by Gasteiger charge is -2.10. The van der Waals surface area contributed by atoms with Gasteiger partial charge >= 0.3 is 0 Å². The van der Waals surface area contributed by atoms with E-state index in [1.165, 1.54) is 25.0 Å². The molecule has 7 heteroatoms. The van der Waals surface area contributed by atoms with Crippen LogP contribution in [0.1, 0.15) is 0 Å². The molecule has 1 aromatic carbocycles. The van der Waals surface area contributed by atoms with E-state index >= 15 is 0 Å². The van der Waals surface area contributed by atoms with Crippen LogP contribution in [0.2, 0.25) is 0 Å². The highest BCUT2D eigenvalue weighted by Gasteiger charge is 2.23. The minimum Gasteiger partial charge on any atom is -0.494 e. The molecule has 0 atom stereocenters. The maximum atomic E-state index is 14.2. The Labute approximate surface area is 108 Å². The summed E-state index contributed by atoms with van der Waals surface area (Å²) in [6.45, 7) is 0. The first-order chi connectivity index (χ1) is 8.99. The van der Waals surface area contributed by atoms with E-state index in [1.807, 2.05) is 0 Å². The van der Waals surface area contributed by atoms with Crippen LogP contribution in [0.3, 0.4) is 0 Å². The number of nitrogens with two attached hydrogens (primary N) is 1. The van der Waals surface area contributed by atoms with E-state index < -0.39 is 11.6 Å². The van der Waals surface area contributed by atoms with Gasteiger partial charge in [0, 0.05) is 19.2 Å². The summed E-state index contributed by atoms with van der Waals surface area (Å²) < 4.78 is 39.4. The lowest BCUT2D eigenvalue weighted by Crippen LogP contribution is -2.00. The van der Waals surface area contributed by atoms with Crippen LogP contribution in [0.4, 0.5) is 14.6 Å². The van der Waals surface area contributed by atoms with Gasteiger partial charge < -0.3 is 15.2 Å². The third-order valence-electron chi connectivity index (χ3n) is 2.75. The smallest absolute Gasteiger partial charge is 0.177 e. The fraction of sp³-hybridized carbons (Fsp3) is 0.250. The number of nitrogen functional groups attached to an aromatic ring is 1. The molecule has 0 aliphatic heterocycles. The molecule has 0 unspecified atom stereocenters. The maximum Gasteiger partial charge on any atom is 0.177 e. The van der Waals surface area contributed by atoms with E-state index in [0.29, 0.717) is 0 Å². The number of rotatable bonds is 3. The molecule has 0 aliphatic carbocycles. The van der Waals surface area contributed by atoms with Crippen molar-refractivity contribution in [2.24, 2.45) is 7.05 Å². The summed E-state index contributed by atoms with van der Waals surface area (Å²) in [4.78, 5) is 0. The van der Waals surface area contributed by atoms with Crippen molar-refractivity contribution in [2.75, 3.05) is 20.0 Å². The van der Waals surface area contributed by atoms with Crippen molar-refractivity contribution in [3.05, 3.63) is 23.8 Å². The molecule has 0 aliphatic rings. The molecule has 0 spiro atoms. The van der Waals surface area contributed by atoms with Gasteiger partial charge in [-0.3, -0.25) is 4.68 Å². The second-order valence-electron chi connectivity index (χ2n) is 3.86. The summed E-state index contributed by atoms with van der Waals surface area (Å²) in [5.74, 6) is -1.66. The van der Waals surface area contributed by atoms with Crippen LogP contribution < -0.4 is 15.2 Å². The number of ether oxygens (including phenoxy) is 2. The highest BCUT2D eigenvalue weighted by atomic mass is 19.1. The minimum atomic E-state index is -0.848. The van der Waals surface area contributed by atoms with Crippen LogP contribution in [0.15, 0.2) is 12.1 Å². The molecule has 0 saturated carbocycles. The normalized spacial score (nSPS) is 10.6. The zero-order valence-corrected chi connectivity index (χ0v) is 10.7. The predicted molar refractivity (Wildman–Crippen MR) is 66.1 cm³/mol. The molecule has 0 amide bonds.